The molecule has 0 saturated carbocycles. The second-order valence-corrected chi connectivity index (χ2v) is 14.0. The quantitative estimate of drug-likeness (QED) is 0.186. The topological polar surface area (TPSA) is 24.7 Å². The second kappa shape index (κ2) is 13.2. The van der Waals surface area contributed by atoms with Gasteiger partial charge in [-0.15, -0.1) is 0 Å². The monoisotopic (exact) mass is 613 g/mol. The molecule has 2 heterocycles. The lowest BCUT2D eigenvalue weighted by atomic mass is 9.81. The molecule has 0 saturated heterocycles. The maximum absolute atomic E-state index is 7.12. The Morgan fingerprint density at radius 3 is 2.25 bits per heavy atom. The average molecular weight is 614 g/mol. The Kier molecular flexibility index (Phi) is 9.75. The number of aryl methyl sites for hydroxylation is 2. The molecule has 0 radical (unpaired) electrons. The summed E-state index contributed by atoms with van der Waals surface area (Å²) in [5.41, 5.74) is 12.9. The third-order valence-electron chi connectivity index (χ3n) is 9.67. The van der Waals surface area contributed by atoms with Gasteiger partial charge in [0.05, 0.1) is 12.0 Å². The van der Waals surface area contributed by atoms with Crippen molar-refractivity contribution in [1.82, 2.24) is 0 Å². The van der Waals surface area contributed by atoms with Gasteiger partial charge in [0.2, 0.25) is 5.69 Å². The van der Waals surface area contributed by atoms with Crippen LogP contribution < -0.4 is 4.90 Å². The zero-order valence-corrected chi connectivity index (χ0v) is 28.8. The molecule has 0 spiro atoms. The minimum Gasteiger partial charge on any atom is -0.385 e. The Morgan fingerprint density at radius 1 is 0.841 bits per heavy atom. The van der Waals surface area contributed by atoms with Crippen LogP contribution in [0.15, 0.2) is 82.6 Å². The highest BCUT2D eigenvalue weighted by atomic mass is 35.5. The smallest absolute Gasteiger partial charge is 0.209 e. The number of benzene rings is 2. The van der Waals surface area contributed by atoms with E-state index >= 15 is 0 Å². The molecular weight excluding hydrogens is 564 g/mol. The first kappa shape index (κ1) is 32.5. The summed E-state index contributed by atoms with van der Waals surface area (Å²) in [6, 6.07) is 13.7. The van der Waals surface area contributed by atoms with Crippen LogP contribution in [0, 0.1) is 13.8 Å². The van der Waals surface area contributed by atoms with E-state index < -0.39 is 0 Å². The Labute approximate surface area is 270 Å². The van der Waals surface area contributed by atoms with Crippen LogP contribution in [-0.2, 0) is 20.3 Å². The van der Waals surface area contributed by atoms with Gasteiger partial charge in [0.1, 0.15) is 0 Å². The molecule has 1 aliphatic carbocycles. The van der Waals surface area contributed by atoms with Crippen LogP contribution in [0.2, 0.25) is 0 Å². The Morgan fingerprint density at radius 2 is 1.52 bits per heavy atom. The van der Waals surface area contributed by atoms with Gasteiger partial charge in [0.15, 0.2) is 12.3 Å². The zero-order valence-electron chi connectivity index (χ0n) is 28.0. The summed E-state index contributed by atoms with van der Waals surface area (Å²) in [5, 5.41) is 0.892. The average Bonchev–Trinajstić information content (AvgIpc) is 3.51. The van der Waals surface area contributed by atoms with Crippen LogP contribution in [0.4, 0.5) is 11.4 Å². The SMILES string of the molecule is COCCCN1C(=CC=C2CCC(C=CC3=[N+](CCCOC)c4ccc(C)cc4C3(C)C)=C2Cl)C(C)(C)c2cc(C)ccc21. The minimum absolute atomic E-state index is 0.0899. The molecule has 234 valence electrons. The van der Waals surface area contributed by atoms with E-state index in [2.05, 4.69) is 112 Å². The molecule has 0 amide bonds. The van der Waals surface area contributed by atoms with Gasteiger partial charge in [-0.05, 0) is 81.9 Å². The van der Waals surface area contributed by atoms with Crippen LogP contribution in [-0.4, -0.2) is 50.8 Å². The summed E-state index contributed by atoms with van der Waals surface area (Å²) in [7, 11) is 3.55. The molecule has 0 atom stereocenters. The van der Waals surface area contributed by atoms with Crippen molar-refractivity contribution in [3.63, 3.8) is 0 Å². The number of ether oxygens (including phenoxy) is 2. The van der Waals surface area contributed by atoms with Crippen molar-refractivity contribution in [1.29, 1.82) is 0 Å². The largest absolute Gasteiger partial charge is 0.385 e. The number of allylic oxidation sites excluding steroid dienone is 8. The first-order valence-electron chi connectivity index (χ1n) is 16.1. The fraction of sp³-hybridized carbons (Fsp3) is 0.462. The van der Waals surface area contributed by atoms with E-state index in [9.17, 15) is 0 Å². The van der Waals surface area contributed by atoms with E-state index in [0.717, 1.165) is 57.0 Å². The van der Waals surface area contributed by atoms with Crippen molar-refractivity contribution >= 4 is 28.7 Å². The summed E-state index contributed by atoms with van der Waals surface area (Å²) >= 11 is 7.12. The molecular formula is C39H50ClN2O2+. The molecule has 5 heteroatoms. The van der Waals surface area contributed by atoms with Gasteiger partial charge >= 0.3 is 0 Å². The molecule has 0 bridgehead atoms. The number of fused-ring (bicyclic) bond motifs is 2. The normalized spacial score (nSPS) is 20.6. The molecule has 5 rings (SSSR count). The Hall–Kier alpha value is -2.92. The predicted molar refractivity (Wildman–Crippen MR) is 186 cm³/mol. The molecule has 2 aromatic carbocycles. The van der Waals surface area contributed by atoms with Crippen LogP contribution in [0.3, 0.4) is 0 Å². The van der Waals surface area contributed by atoms with E-state index in [0.29, 0.717) is 0 Å². The fourth-order valence-corrected chi connectivity index (χ4v) is 7.48. The molecule has 4 nitrogen and oxygen atoms in total. The van der Waals surface area contributed by atoms with E-state index in [1.54, 1.807) is 14.2 Å². The summed E-state index contributed by atoms with van der Waals surface area (Å²) in [5.74, 6) is 0. The van der Waals surface area contributed by atoms with E-state index in [4.69, 9.17) is 21.1 Å². The number of halogens is 1. The molecule has 0 aromatic heterocycles. The van der Waals surface area contributed by atoms with Gasteiger partial charge < -0.3 is 14.4 Å². The van der Waals surface area contributed by atoms with E-state index in [-0.39, 0.29) is 10.8 Å². The summed E-state index contributed by atoms with van der Waals surface area (Å²) < 4.78 is 13.3. The highest BCUT2D eigenvalue weighted by molar-refractivity contribution is 6.33. The molecule has 2 aromatic rings. The lowest BCUT2D eigenvalue weighted by Crippen LogP contribution is -2.28. The van der Waals surface area contributed by atoms with Gasteiger partial charge in [-0.25, -0.2) is 0 Å². The fourth-order valence-electron chi connectivity index (χ4n) is 7.16. The molecule has 2 aliphatic heterocycles. The Balaban J connectivity index is 1.46. The van der Waals surface area contributed by atoms with Gasteiger partial charge in [-0.2, -0.15) is 4.58 Å². The van der Waals surface area contributed by atoms with Crippen molar-refractivity contribution in [2.45, 2.75) is 78.1 Å². The highest BCUT2D eigenvalue weighted by Gasteiger charge is 2.44. The van der Waals surface area contributed by atoms with Crippen LogP contribution in [0.25, 0.3) is 0 Å². The number of hydrogen-bond donors (Lipinski definition) is 0. The van der Waals surface area contributed by atoms with E-state index in [1.165, 1.54) is 56.2 Å². The molecule has 44 heavy (non-hydrogen) atoms. The summed E-state index contributed by atoms with van der Waals surface area (Å²) in [6.07, 6.45) is 13.0. The molecule has 3 aliphatic rings. The molecule has 0 unspecified atom stereocenters. The third kappa shape index (κ3) is 6.14. The molecule has 0 N–H and O–H groups in total. The summed E-state index contributed by atoms with van der Waals surface area (Å²) in [6.45, 7) is 17.1. The number of anilines is 1. The van der Waals surface area contributed by atoms with Gasteiger partial charge in [0.25, 0.3) is 0 Å². The van der Waals surface area contributed by atoms with Gasteiger partial charge in [0, 0.05) is 73.3 Å². The number of nitrogens with zero attached hydrogens (tertiary/aromatic N) is 2. The van der Waals surface area contributed by atoms with Crippen molar-refractivity contribution in [3.05, 3.63) is 105 Å². The number of methoxy groups -OCH3 is 2. The maximum atomic E-state index is 7.12. The molecule has 0 fully saturated rings. The van der Waals surface area contributed by atoms with E-state index in [1.807, 2.05) is 0 Å². The Bertz CT molecular complexity index is 1570. The van der Waals surface area contributed by atoms with Crippen LogP contribution >= 0.6 is 11.6 Å². The van der Waals surface area contributed by atoms with Crippen molar-refractivity contribution in [2.24, 2.45) is 0 Å². The predicted octanol–water partition coefficient (Wildman–Crippen LogP) is 9.20. The van der Waals surface area contributed by atoms with Crippen molar-refractivity contribution < 1.29 is 14.0 Å². The standard InChI is InChI=1S/C39H50ClN2O2/c1-27-11-17-33-31(25-27)38(3,4)35(41(33)21-9-23-43-7)19-15-29-13-14-30(37(29)40)16-20-36-39(5,6)32-26-28(2)12-18-34(32)42(36)22-10-24-44-8/h11-12,15-20,25-26H,9-10,13-14,21-24H2,1-8H3/q+1. The number of rotatable bonds is 11. The zero-order chi connectivity index (χ0) is 31.6. The van der Waals surface area contributed by atoms with Crippen LogP contribution in [0.5, 0.6) is 0 Å². The second-order valence-electron chi connectivity index (χ2n) is 13.6. The first-order chi connectivity index (χ1) is 21.0. The van der Waals surface area contributed by atoms with Crippen molar-refractivity contribution in [3.8, 4) is 0 Å². The minimum atomic E-state index is -0.0899. The van der Waals surface area contributed by atoms with Gasteiger partial charge in [-0.3, -0.25) is 0 Å². The maximum Gasteiger partial charge on any atom is 0.209 e. The highest BCUT2D eigenvalue weighted by Crippen LogP contribution is 2.48. The van der Waals surface area contributed by atoms with Gasteiger partial charge in [-0.1, -0.05) is 66.9 Å². The van der Waals surface area contributed by atoms with Crippen LogP contribution in [0.1, 0.15) is 75.6 Å². The third-order valence-corrected chi connectivity index (χ3v) is 10.2. The number of hydrogen-bond acceptors (Lipinski definition) is 3. The first-order valence-corrected chi connectivity index (χ1v) is 16.5. The van der Waals surface area contributed by atoms with Crippen molar-refractivity contribution in [2.75, 3.05) is 45.4 Å². The lowest BCUT2D eigenvalue weighted by Gasteiger charge is -2.27. The summed E-state index contributed by atoms with van der Waals surface area (Å²) in [4.78, 5) is 2.48. The lowest BCUT2D eigenvalue weighted by molar-refractivity contribution is -0.438.